The van der Waals surface area contributed by atoms with Gasteiger partial charge in [0, 0.05) is 26.2 Å². The summed E-state index contributed by atoms with van der Waals surface area (Å²) in [7, 11) is 0. The van der Waals surface area contributed by atoms with Crippen LogP contribution in [0.1, 0.15) is 20.8 Å². The van der Waals surface area contributed by atoms with Crippen LogP contribution in [0.5, 0.6) is 0 Å². The molecule has 2 N–H and O–H groups in total. The number of carbonyl (C=O) groups excluding carboxylic acids is 1. The lowest BCUT2D eigenvalue weighted by molar-refractivity contribution is 0.0240. The average Bonchev–Trinajstić information content (AvgIpc) is 2.85. The van der Waals surface area contributed by atoms with Crippen molar-refractivity contribution in [3.8, 4) is 0 Å². The molecule has 0 aliphatic carbocycles. The molecule has 3 heterocycles. The second-order valence-electron chi connectivity index (χ2n) is 6.45. The van der Waals surface area contributed by atoms with Crippen LogP contribution >= 0.6 is 0 Å². The van der Waals surface area contributed by atoms with Gasteiger partial charge < -0.3 is 19.5 Å². The van der Waals surface area contributed by atoms with E-state index in [4.69, 9.17) is 4.74 Å². The Labute approximate surface area is 132 Å². The molecule has 0 aromatic carbocycles. The number of ether oxygens (including phenoxy) is 1. The first-order chi connectivity index (χ1) is 10.8. The molecule has 124 valence electrons. The van der Waals surface area contributed by atoms with Crippen LogP contribution in [0.4, 0.5) is 10.6 Å². The van der Waals surface area contributed by atoms with Gasteiger partial charge in [0.25, 0.3) is 0 Å². The van der Waals surface area contributed by atoms with E-state index in [9.17, 15) is 9.59 Å². The molecule has 0 radical (unpaired) electrons. The molecule has 0 saturated carbocycles. The molecule has 2 aromatic rings. The minimum atomic E-state index is -0.502. The van der Waals surface area contributed by atoms with E-state index in [1.54, 1.807) is 4.90 Å². The van der Waals surface area contributed by atoms with E-state index in [-0.39, 0.29) is 11.8 Å². The Morgan fingerprint density at radius 2 is 1.87 bits per heavy atom. The van der Waals surface area contributed by atoms with Gasteiger partial charge in [-0.1, -0.05) is 0 Å². The summed E-state index contributed by atoms with van der Waals surface area (Å²) in [4.78, 5) is 40.8. The van der Waals surface area contributed by atoms with Crippen LogP contribution in [0.15, 0.2) is 11.1 Å². The number of amides is 1. The summed E-state index contributed by atoms with van der Waals surface area (Å²) in [6.07, 6.45) is 1.11. The number of H-pyrrole nitrogens is 2. The highest BCUT2D eigenvalue weighted by Crippen LogP contribution is 2.20. The molecule has 1 amide bonds. The molecule has 0 spiro atoms. The molecule has 1 fully saturated rings. The van der Waals surface area contributed by atoms with E-state index in [1.165, 1.54) is 6.33 Å². The fourth-order valence-electron chi connectivity index (χ4n) is 2.51. The third-order valence-corrected chi connectivity index (χ3v) is 3.53. The monoisotopic (exact) mass is 320 g/mol. The zero-order valence-electron chi connectivity index (χ0n) is 13.4. The summed E-state index contributed by atoms with van der Waals surface area (Å²) in [5.74, 6) is 0.664. The third kappa shape index (κ3) is 3.27. The van der Waals surface area contributed by atoms with Crippen molar-refractivity contribution >= 4 is 23.1 Å². The van der Waals surface area contributed by atoms with Gasteiger partial charge in [0.15, 0.2) is 11.5 Å². The first-order valence-corrected chi connectivity index (χ1v) is 7.49. The minimum Gasteiger partial charge on any atom is -0.444 e. The maximum atomic E-state index is 12.1. The predicted octanol–water partition coefficient (Wildman–Crippen LogP) is 0.703. The number of aromatic amines is 2. The van der Waals surface area contributed by atoms with E-state index in [2.05, 4.69) is 19.9 Å². The normalized spacial score (nSPS) is 16.0. The van der Waals surface area contributed by atoms with Crippen molar-refractivity contribution in [1.82, 2.24) is 24.8 Å². The van der Waals surface area contributed by atoms with E-state index in [0.29, 0.717) is 43.2 Å². The highest BCUT2D eigenvalue weighted by molar-refractivity contribution is 5.82. The minimum absolute atomic E-state index is 0.306. The number of hydrogen-bond acceptors (Lipinski definition) is 6. The molecule has 23 heavy (non-hydrogen) atoms. The molecule has 0 bridgehead atoms. The number of anilines is 1. The number of rotatable bonds is 1. The lowest BCUT2D eigenvalue weighted by atomic mass is 10.2. The first-order valence-electron chi connectivity index (χ1n) is 7.49. The summed E-state index contributed by atoms with van der Waals surface area (Å²) >= 11 is 0. The van der Waals surface area contributed by atoms with E-state index < -0.39 is 5.60 Å². The number of fused-ring (bicyclic) bond motifs is 1. The lowest BCUT2D eigenvalue weighted by Gasteiger charge is -2.36. The van der Waals surface area contributed by atoms with Gasteiger partial charge in [-0.3, -0.25) is 4.98 Å². The number of carbonyl (C=O) groups is 1. The van der Waals surface area contributed by atoms with Gasteiger partial charge in [-0.05, 0) is 20.8 Å². The molecule has 1 aliphatic rings. The van der Waals surface area contributed by atoms with Crippen molar-refractivity contribution in [3.05, 3.63) is 16.8 Å². The van der Waals surface area contributed by atoms with Crippen LogP contribution in [0, 0.1) is 0 Å². The molecule has 1 saturated heterocycles. The Balaban J connectivity index is 1.71. The van der Waals surface area contributed by atoms with Crippen LogP contribution in [-0.2, 0) is 4.74 Å². The van der Waals surface area contributed by atoms with Crippen LogP contribution in [0.2, 0.25) is 0 Å². The Bertz CT molecular complexity index is 767. The Morgan fingerprint density at radius 1 is 1.17 bits per heavy atom. The van der Waals surface area contributed by atoms with Crippen molar-refractivity contribution in [2.45, 2.75) is 26.4 Å². The fourth-order valence-corrected chi connectivity index (χ4v) is 2.51. The Morgan fingerprint density at radius 3 is 2.52 bits per heavy atom. The van der Waals surface area contributed by atoms with Gasteiger partial charge >= 0.3 is 11.8 Å². The fraction of sp³-hybridized carbons (Fsp3) is 0.571. The summed E-state index contributed by atoms with van der Waals surface area (Å²) in [6, 6.07) is 0. The SMILES string of the molecule is CC(C)(C)OC(=O)N1CCN(c2ncnc3[nH]c(=O)[nH]c23)CC1. The van der Waals surface area contributed by atoms with Gasteiger partial charge in [-0.15, -0.1) is 0 Å². The Hall–Kier alpha value is -2.58. The number of aromatic nitrogens is 4. The summed E-state index contributed by atoms with van der Waals surface area (Å²) in [5.41, 5.74) is 0.254. The van der Waals surface area contributed by atoms with E-state index in [1.807, 2.05) is 25.7 Å². The molecule has 0 atom stereocenters. The molecular weight excluding hydrogens is 300 g/mol. The highest BCUT2D eigenvalue weighted by Gasteiger charge is 2.27. The van der Waals surface area contributed by atoms with Crippen molar-refractivity contribution < 1.29 is 9.53 Å². The molecule has 1 aliphatic heterocycles. The topological polar surface area (TPSA) is 107 Å². The lowest BCUT2D eigenvalue weighted by Crippen LogP contribution is -2.50. The molecule has 9 nitrogen and oxygen atoms in total. The molecule has 9 heteroatoms. The van der Waals surface area contributed by atoms with Gasteiger partial charge in [0.05, 0.1) is 0 Å². The number of nitrogens with zero attached hydrogens (tertiary/aromatic N) is 4. The number of nitrogens with one attached hydrogen (secondary N) is 2. The number of imidazole rings is 1. The van der Waals surface area contributed by atoms with Crippen molar-refractivity contribution in [2.75, 3.05) is 31.1 Å². The van der Waals surface area contributed by atoms with E-state index in [0.717, 1.165) is 0 Å². The van der Waals surface area contributed by atoms with Crippen molar-refractivity contribution in [1.29, 1.82) is 0 Å². The Kier molecular flexibility index (Phi) is 3.70. The maximum Gasteiger partial charge on any atom is 0.410 e. The van der Waals surface area contributed by atoms with Gasteiger partial charge in [0.2, 0.25) is 0 Å². The number of piperazine rings is 1. The second-order valence-corrected chi connectivity index (χ2v) is 6.45. The van der Waals surface area contributed by atoms with Gasteiger partial charge in [-0.2, -0.15) is 0 Å². The average molecular weight is 320 g/mol. The molecule has 0 unspecified atom stereocenters. The highest BCUT2D eigenvalue weighted by atomic mass is 16.6. The quantitative estimate of drug-likeness (QED) is 0.801. The summed E-state index contributed by atoms with van der Waals surface area (Å²) < 4.78 is 5.38. The molecule has 3 rings (SSSR count). The molecular formula is C14H20N6O3. The van der Waals surface area contributed by atoms with Crippen LogP contribution in [-0.4, -0.2) is 62.7 Å². The van der Waals surface area contributed by atoms with Crippen molar-refractivity contribution in [2.24, 2.45) is 0 Å². The first kappa shape index (κ1) is 15.3. The van der Waals surface area contributed by atoms with Gasteiger partial charge in [-0.25, -0.2) is 19.6 Å². The summed E-state index contributed by atoms with van der Waals surface area (Å²) in [5, 5.41) is 0. The smallest absolute Gasteiger partial charge is 0.410 e. The van der Waals surface area contributed by atoms with Gasteiger partial charge in [0.1, 0.15) is 17.4 Å². The van der Waals surface area contributed by atoms with Crippen LogP contribution in [0.25, 0.3) is 11.2 Å². The summed E-state index contributed by atoms with van der Waals surface area (Å²) in [6.45, 7) is 7.84. The maximum absolute atomic E-state index is 12.1. The van der Waals surface area contributed by atoms with Crippen molar-refractivity contribution in [3.63, 3.8) is 0 Å². The predicted molar refractivity (Wildman–Crippen MR) is 84.5 cm³/mol. The molecule has 2 aromatic heterocycles. The second kappa shape index (κ2) is 5.56. The third-order valence-electron chi connectivity index (χ3n) is 3.53. The standard InChI is InChI=1S/C14H20N6O3/c1-14(2,3)23-13(22)20-6-4-19(5-7-20)11-9-10(15-8-16-11)18-12(21)17-9/h8H,4-7H2,1-3H3,(H2,15,16,17,18,21). The number of hydrogen-bond donors (Lipinski definition) is 2. The zero-order valence-corrected chi connectivity index (χ0v) is 13.4. The largest absolute Gasteiger partial charge is 0.444 e. The zero-order chi connectivity index (χ0) is 16.6. The van der Waals surface area contributed by atoms with E-state index >= 15 is 0 Å². The van der Waals surface area contributed by atoms with Crippen LogP contribution < -0.4 is 10.6 Å². The van der Waals surface area contributed by atoms with Crippen LogP contribution in [0.3, 0.4) is 0 Å².